The van der Waals surface area contributed by atoms with Crippen LogP contribution < -0.4 is 33.7 Å². The number of likely N-dealkylation sites (tertiary alicyclic amines) is 1. The molecule has 5 aromatic rings. The minimum atomic E-state index is -0.976. The molecule has 0 spiro atoms. The monoisotopic (exact) mass is 876 g/mol. The first-order chi connectivity index (χ1) is 30.9. The van der Waals surface area contributed by atoms with E-state index in [1.165, 1.54) is 23.9 Å². The van der Waals surface area contributed by atoms with Crippen LogP contribution in [0.25, 0.3) is 22.3 Å². The number of hydrogen-bond donors (Lipinski definition) is 2. The normalized spacial score (nSPS) is 20.2. The summed E-state index contributed by atoms with van der Waals surface area (Å²) >= 11 is 1.41. The summed E-state index contributed by atoms with van der Waals surface area (Å²) in [5, 5.41) is 11.4. The van der Waals surface area contributed by atoms with E-state index in [1.807, 2.05) is 35.7 Å². The molecule has 3 amide bonds. The summed E-state index contributed by atoms with van der Waals surface area (Å²) < 4.78 is 34.8. The van der Waals surface area contributed by atoms with Crippen LogP contribution in [0, 0.1) is 17.8 Å². The van der Waals surface area contributed by atoms with E-state index in [-0.39, 0.29) is 48.7 Å². The molecule has 18 heteroatoms. The number of aromatic amines is 1. The van der Waals surface area contributed by atoms with Gasteiger partial charge in [0, 0.05) is 48.5 Å². The molecule has 2 aliphatic carbocycles. The average molecular weight is 877 g/mol. The van der Waals surface area contributed by atoms with Gasteiger partial charge < -0.3 is 43.6 Å². The first-order valence-electron chi connectivity index (χ1n) is 21.5. The standard InChI is InChI=1S/C45H48N8O9S/c1-57-32-10-9-26(17-35(32)58-2)38-29-5-3-4-6-30(29)43(54)53(51-38)28-13-15-52(16-14-28)44(55)31(18-27-21-63-23-49-27)50-45(56)62-36-19-46-41-39(36)47-22-48-40(41)37-33(59-20-25-7-8-25)11-12-34-42(37)61-24-60-34/h9-12,17,19,21-23,25,28-31,46H,3-8,13-16,18,20,24H2,1-2H3,(H,50,56)/t29-,30+,31-/m0/s1. The Morgan fingerprint density at radius 3 is 2.52 bits per heavy atom. The molecule has 3 atom stereocenters. The van der Waals surface area contributed by atoms with E-state index < -0.39 is 12.1 Å². The van der Waals surface area contributed by atoms with Crippen LogP contribution in [0.4, 0.5) is 4.79 Å². The Morgan fingerprint density at radius 1 is 0.937 bits per heavy atom. The van der Waals surface area contributed by atoms with Gasteiger partial charge in [0.1, 0.15) is 29.3 Å². The van der Waals surface area contributed by atoms with Gasteiger partial charge in [-0.2, -0.15) is 5.10 Å². The number of methoxy groups -OCH3 is 2. The molecule has 17 nitrogen and oxygen atoms in total. The number of H-pyrrole nitrogens is 1. The number of nitrogens with zero attached hydrogens (tertiary/aromatic N) is 6. The SMILES string of the molecule is COc1ccc(C2=NN(C3CCN(C(=O)[C@H](Cc4cscn4)NC(=O)Oc4c[nH]c5c(-c6c(OCC7CC7)ccc7c6OCO7)ncnc45)CC3)C(=O)[C@@H]3CCCC[C@H]23)cc1OC. The predicted octanol–water partition coefficient (Wildman–Crippen LogP) is 6.36. The third kappa shape index (κ3) is 8.07. The van der Waals surface area contributed by atoms with E-state index in [0.717, 1.165) is 49.8 Å². The largest absolute Gasteiger partial charge is 0.493 e. The van der Waals surface area contributed by atoms with Gasteiger partial charge in [-0.05, 0) is 74.8 Å². The Balaban J connectivity index is 0.849. The maximum absolute atomic E-state index is 14.3. The van der Waals surface area contributed by atoms with Crippen molar-refractivity contribution in [1.82, 2.24) is 35.2 Å². The van der Waals surface area contributed by atoms with Gasteiger partial charge in [-0.25, -0.2) is 24.8 Å². The molecular formula is C45H48N8O9S. The molecule has 328 valence electrons. The topological polar surface area (TPSA) is 192 Å². The fourth-order valence-corrected chi connectivity index (χ4v) is 9.81. The number of ether oxygens (including phenoxy) is 6. The van der Waals surface area contributed by atoms with Crippen LogP contribution in [-0.4, -0.2) is 106 Å². The van der Waals surface area contributed by atoms with Gasteiger partial charge >= 0.3 is 6.09 Å². The molecule has 63 heavy (non-hydrogen) atoms. The lowest BCUT2D eigenvalue weighted by atomic mass is 9.73. The maximum Gasteiger partial charge on any atom is 0.413 e. The summed E-state index contributed by atoms with van der Waals surface area (Å²) in [5.74, 6) is 3.23. The molecule has 1 saturated heterocycles. The summed E-state index contributed by atoms with van der Waals surface area (Å²) in [6.45, 7) is 1.39. The molecule has 6 heterocycles. The van der Waals surface area contributed by atoms with Gasteiger partial charge in [-0.3, -0.25) is 9.59 Å². The van der Waals surface area contributed by atoms with E-state index in [4.69, 9.17) is 33.5 Å². The third-order valence-corrected chi connectivity index (χ3v) is 13.3. The number of hydrogen-bond acceptors (Lipinski definition) is 14. The van der Waals surface area contributed by atoms with Crippen LogP contribution in [0.5, 0.6) is 34.5 Å². The quantitative estimate of drug-likeness (QED) is 0.133. The van der Waals surface area contributed by atoms with Crippen molar-refractivity contribution in [2.75, 3.05) is 40.7 Å². The zero-order valence-corrected chi connectivity index (χ0v) is 35.9. The van der Waals surface area contributed by atoms with Crippen molar-refractivity contribution in [1.29, 1.82) is 0 Å². The summed E-state index contributed by atoms with van der Waals surface area (Å²) in [7, 11) is 3.21. The second-order valence-electron chi connectivity index (χ2n) is 16.6. The molecule has 0 bridgehead atoms. The van der Waals surface area contributed by atoms with Crippen molar-refractivity contribution in [2.24, 2.45) is 22.9 Å². The van der Waals surface area contributed by atoms with E-state index in [0.29, 0.717) is 95.2 Å². The predicted molar refractivity (Wildman–Crippen MR) is 230 cm³/mol. The number of fused-ring (bicyclic) bond motifs is 3. The van der Waals surface area contributed by atoms with Crippen LogP contribution in [0.2, 0.25) is 0 Å². The molecule has 2 aromatic carbocycles. The van der Waals surface area contributed by atoms with Crippen molar-refractivity contribution >= 4 is 46.0 Å². The van der Waals surface area contributed by atoms with Crippen LogP contribution in [0.3, 0.4) is 0 Å². The molecule has 0 radical (unpaired) electrons. The fraction of sp³-hybridized carbons (Fsp3) is 0.444. The second-order valence-corrected chi connectivity index (χ2v) is 17.3. The second kappa shape index (κ2) is 17.4. The Hall–Kier alpha value is -6.43. The number of thiazole rings is 1. The first-order valence-corrected chi connectivity index (χ1v) is 22.5. The Kier molecular flexibility index (Phi) is 11.2. The van der Waals surface area contributed by atoms with E-state index in [1.54, 1.807) is 29.6 Å². The Morgan fingerprint density at radius 2 is 1.75 bits per heavy atom. The van der Waals surface area contributed by atoms with E-state index >= 15 is 0 Å². The van der Waals surface area contributed by atoms with Gasteiger partial charge in [0.05, 0.1) is 54.9 Å². The highest BCUT2D eigenvalue weighted by molar-refractivity contribution is 7.07. The van der Waals surface area contributed by atoms with Gasteiger partial charge in [0.15, 0.2) is 28.7 Å². The molecule has 2 saturated carbocycles. The Labute approximate surface area is 367 Å². The number of hydrazone groups is 1. The van der Waals surface area contributed by atoms with Crippen LogP contribution >= 0.6 is 11.3 Å². The van der Waals surface area contributed by atoms with Crippen LogP contribution in [-0.2, 0) is 16.0 Å². The van der Waals surface area contributed by atoms with Gasteiger partial charge in [0.2, 0.25) is 18.6 Å². The number of carbonyl (C=O) groups is 3. The third-order valence-electron chi connectivity index (χ3n) is 12.7. The summed E-state index contributed by atoms with van der Waals surface area (Å²) in [4.78, 5) is 60.5. The van der Waals surface area contributed by atoms with Crippen molar-refractivity contribution < 1.29 is 42.8 Å². The smallest absolute Gasteiger partial charge is 0.413 e. The molecule has 2 N–H and O–H groups in total. The van der Waals surface area contributed by atoms with Crippen LogP contribution in [0.15, 0.2) is 58.8 Å². The molecule has 5 aliphatic rings. The summed E-state index contributed by atoms with van der Waals surface area (Å²) in [5.41, 5.74) is 6.12. The van der Waals surface area contributed by atoms with Crippen LogP contribution in [0.1, 0.15) is 62.6 Å². The highest BCUT2D eigenvalue weighted by Crippen LogP contribution is 2.49. The lowest BCUT2D eigenvalue weighted by Gasteiger charge is -2.43. The van der Waals surface area contributed by atoms with E-state index in [9.17, 15) is 14.4 Å². The minimum absolute atomic E-state index is 0.0246. The molecule has 3 aliphatic heterocycles. The van der Waals surface area contributed by atoms with Gasteiger partial charge in [-0.15, -0.1) is 11.3 Å². The number of benzene rings is 2. The molecular weight excluding hydrogens is 829 g/mol. The number of carbonyl (C=O) groups excluding carboxylic acids is 3. The number of piperidine rings is 1. The van der Waals surface area contributed by atoms with E-state index in [2.05, 4.69) is 25.3 Å². The van der Waals surface area contributed by atoms with Crippen molar-refractivity contribution in [2.45, 2.75) is 69.9 Å². The number of nitrogens with one attached hydrogen (secondary N) is 2. The average Bonchev–Trinajstić information content (AvgIpc) is 3.60. The molecule has 3 aromatic heterocycles. The van der Waals surface area contributed by atoms with Crippen molar-refractivity contribution in [3.05, 3.63) is 65.0 Å². The summed E-state index contributed by atoms with van der Waals surface area (Å²) in [6.07, 6.45) is 9.32. The highest BCUT2D eigenvalue weighted by atomic mass is 32.1. The number of aromatic nitrogens is 4. The zero-order valence-electron chi connectivity index (χ0n) is 35.0. The Bertz CT molecular complexity index is 2550. The van der Waals surface area contributed by atoms with Gasteiger partial charge in [-0.1, -0.05) is 12.8 Å². The zero-order chi connectivity index (χ0) is 43.0. The van der Waals surface area contributed by atoms with Gasteiger partial charge in [0.25, 0.3) is 0 Å². The fourth-order valence-electron chi connectivity index (χ4n) is 9.24. The molecule has 10 rings (SSSR count). The number of amides is 3. The molecule has 3 fully saturated rings. The minimum Gasteiger partial charge on any atom is -0.493 e. The van der Waals surface area contributed by atoms with Crippen molar-refractivity contribution in [3.8, 4) is 45.8 Å². The van der Waals surface area contributed by atoms with Crippen molar-refractivity contribution in [3.63, 3.8) is 0 Å². The number of rotatable bonds is 13. The molecule has 0 unspecified atom stereocenters. The lowest BCUT2D eigenvalue weighted by molar-refractivity contribution is -0.143. The highest BCUT2D eigenvalue weighted by Gasteiger charge is 2.44. The first kappa shape index (κ1) is 40.6. The lowest BCUT2D eigenvalue weighted by Crippen LogP contribution is -2.56. The summed E-state index contributed by atoms with van der Waals surface area (Å²) in [6, 6.07) is 8.28. The maximum atomic E-state index is 14.3.